The number of fused-ring (bicyclic) bond motifs is 3. The Morgan fingerprint density at radius 3 is 2.86 bits per heavy atom. The van der Waals surface area contributed by atoms with Crippen molar-refractivity contribution < 1.29 is 0 Å². The van der Waals surface area contributed by atoms with Gasteiger partial charge in [-0.2, -0.15) is 0 Å². The molecule has 0 radical (unpaired) electrons. The minimum Gasteiger partial charge on any atom is -0.299 e. The van der Waals surface area contributed by atoms with Crippen LogP contribution in [0.3, 0.4) is 0 Å². The first-order chi connectivity index (χ1) is 10.2. The van der Waals surface area contributed by atoms with E-state index in [1.54, 1.807) is 16.7 Å². The molecule has 1 heterocycles. The monoisotopic (exact) mass is 283 g/mol. The second-order valence-corrected chi connectivity index (χ2v) is 7.07. The Kier molecular flexibility index (Phi) is 4.21. The maximum Gasteiger partial charge on any atom is 0.0205 e. The Balaban J connectivity index is 2.06. The smallest absolute Gasteiger partial charge is 0.0205 e. The van der Waals surface area contributed by atoms with Gasteiger partial charge in [0.2, 0.25) is 0 Å². The summed E-state index contributed by atoms with van der Waals surface area (Å²) in [6, 6.07) is 7.65. The highest BCUT2D eigenvalue weighted by Gasteiger charge is 2.39. The molecular formula is C20H29N. The molecule has 0 spiro atoms. The van der Waals surface area contributed by atoms with Crippen LogP contribution in [0, 0.1) is 12.8 Å². The molecule has 3 rings (SSSR count). The molecule has 1 heteroatoms. The molecule has 0 N–H and O–H groups in total. The molecular weight excluding hydrogens is 254 g/mol. The minimum atomic E-state index is 0.724. The minimum absolute atomic E-state index is 0.724. The van der Waals surface area contributed by atoms with Gasteiger partial charge in [0.25, 0.3) is 0 Å². The average molecular weight is 283 g/mol. The first kappa shape index (κ1) is 14.8. The third-order valence-corrected chi connectivity index (χ3v) is 5.45. The average Bonchev–Trinajstić information content (AvgIpc) is 2.47. The highest BCUT2D eigenvalue weighted by molar-refractivity contribution is 5.74. The summed E-state index contributed by atoms with van der Waals surface area (Å²) in [6.45, 7) is 11.8. The van der Waals surface area contributed by atoms with Crippen molar-refractivity contribution in [1.82, 2.24) is 4.90 Å². The first-order valence-corrected chi connectivity index (χ1v) is 8.64. The summed E-state index contributed by atoms with van der Waals surface area (Å²) < 4.78 is 0. The second kappa shape index (κ2) is 5.96. The number of aryl methyl sites for hydroxylation is 1. The van der Waals surface area contributed by atoms with E-state index in [1.165, 1.54) is 37.9 Å². The number of hydrogen-bond donors (Lipinski definition) is 0. The highest BCUT2D eigenvalue weighted by atomic mass is 15.2. The van der Waals surface area contributed by atoms with Gasteiger partial charge < -0.3 is 0 Å². The predicted molar refractivity (Wildman–Crippen MR) is 91.6 cm³/mol. The van der Waals surface area contributed by atoms with Crippen LogP contribution in [0.15, 0.2) is 24.3 Å². The Hall–Kier alpha value is -1.08. The van der Waals surface area contributed by atoms with Gasteiger partial charge in [-0.1, -0.05) is 38.1 Å². The number of rotatable bonds is 2. The lowest BCUT2D eigenvalue weighted by Gasteiger charge is -2.48. The second-order valence-electron chi connectivity index (χ2n) is 7.07. The van der Waals surface area contributed by atoms with E-state index in [9.17, 15) is 0 Å². The molecule has 0 aromatic heterocycles. The van der Waals surface area contributed by atoms with Crippen LogP contribution < -0.4 is 0 Å². The number of piperidine rings is 1. The number of likely N-dealkylation sites (tertiary alicyclic amines) is 1. The third kappa shape index (κ3) is 2.57. The summed E-state index contributed by atoms with van der Waals surface area (Å²) in [5.74, 6) is 1.55. The van der Waals surface area contributed by atoms with Gasteiger partial charge in [0, 0.05) is 18.5 Å². The molecule has 0 amide bonds. The zero-order valence-corrected chi connectivity index (χ0v) is 14.0. The molecule has 1 aliphatic carbocycles. The lowest BCUT2D eigenvalue weighted by Crippen LogP contribution is -2.49. The van der Waals surface area contributed by atoms with Crippen molar-refractivity contribution in [2.24, 2.45) is 5.92 Å². The summed E-state index contributed by atoms with van der Waals surface area (Å²) in [5, 5.41) is 0. The quantitative estimate of drug-likeness (QED) is 0.737. The maximum absolute atomic E-state index is 2.77. The molecule has 21 heavy (non-hydrogen) atoms. The molecule has 1 fully saturated rings. The Morgan fingerprint density at radius 2 is 2.14 bits per heavy atom. The number of benzene rings is 1. The fourth-order valence-electron chi connectivity index (χ4n) is 4.63. The maximum atomic E-state index is 2.77. The molecule has 1 nitrogen and oxygen atoms in total. The fraction of sp³-hybridized carbons (Fsp3) is 0.600. The van der Waals surface area contributed by atoms with Crippen LogP contribution in [0.2, 0.25) is 0 Å². The number of hydrogen-bond acceptors (Lipinski definition) is 1. The van der Waals surface area contributed by atoms with Crippen LogP contribution in [-0.4, -0.2) is 24.0 Å². The summed E-state index contributed by atoms with van der Waals surface area (Å²) in [7, 11) is 0. The Morgan fingerprint density at radius 1 is 1.33 bits per heavy atom. The van der Waals surface area contributed by atoms with Gasteiger partial charge in [-0.25, -0.2) is 0 Å². The van der Waals surface area contributed by atoms with Gasteiger partial charge in [-0.05, 0) is 67.8 Å². The van der Waals surface area contributed by atoms with Gasteiger partial charge in [-0.15, -0.1) is 0 Å². The van der Waals surface area contributed by atoms with Gasteiger partial charge in [0.1, 0.15) is 0 Å². The molecule has 1 saturated heterocycles. The standard InChI is InChI=1S/C20H29N/c1-5-10-21-13-14(3)11-18-17-9-7-8-15(4)20(17)16(6-2)12-19(18)21/h6-9,14,18-19H,5,10-13H2,1-4H3/b16-6-. The van der Waals surface area contributed by atoms with Crippen LogP contribution in [0.1, 0.15) is 62.6 Å². The summed E-state index contributed by atoms with van der Waals surface area (Å²) in [5.41, 5.74) is 6.21. The molecule has 1 aromatic rings. The van der Waals surface area contributed by atoms with Crippen molar-refractivity contribution in [3.63, 3.8) is 0 Å². The van der Waals surface area contributed by atoms with Crippen molar-refractivity contribution in [3.8, 4) is 0 Å². The van der Waals surface area contributed by atoms with E-state index in [4.69, 9.17) is 0 Å². The van der Waals surface area contributed by atoms with Gasteiger partial charge in [-0.3, -0.25) is 4.90 Å². The predicted octanol–water partition coefficient (Wildman–Crippen LogP) is 5.01. The van der Waals surface area contributed by atoms with E-state index >= 15 is 0 Å². The van der Waals surface area contributed by atoms with Crippen molar-refractivity contribution in [1.29, 1.82) is 0 Å². The summed E-state index contributed by atoms with van der Waals surface area (Å²) in [6.07, 6.45) is 6.22. The highest BCUT2D eigenvalue weighted by Crippen LogP contribution is 2.47. The molecule has 2 aliphatic rings. The normalized spacial score (nSPS) is 31.0. The lowest BCUT2D eigenvalue weighted by atomic mass is 9.69. The van der Waals surface area contributed by atoms with Crippen molar-refractivity contribution in [2.45, 2.75) is 58.9 Å². The first-order valence-electron chi connectivity index (χ1n) is 8.64. The number of allylic oxidation sites excluding steroid dienone is 1. The zero-order valence-electron chi connectivity index (χ0n) is 14.0. The Bertz CT molecular complexity index is 543. The molecule has 0 bridgehead atoms. The summed E-state index contributed by atoms with van der Waals surface area (Å²) in [4.78, 5) is 2.77. The van der Waals surface area contributed by atoms with Crippen LogP contribution in [0.5, 0.6) is 0 Å². The largest absolute Gasteiger partial charge is 0.299 e. The van der Waals surface area contributed by atoms with E-state index in [2.05, 4.69) is 56.9 Å². The lowest BCUT2D eigenvalue weighted by molar-refractivity contribution is 0.0927. The van der Waals surface area contributed by atoms with Crippen LogP contribution in [0.4, 0.5) is 0 Å². The van der Waals surface area contributed by atoms with Crippen molar-refractivity contribution >= 4 is 5.57 Å². The van der Waals surface area contributed by atoms with E-state index in [0.717, 1.165) is 17.9 Å². The van der Waals surface area contributed by atoms with Crippen molar-refractivity contribution in [2.75, 3.05) is 13.1 Å². The fourth-order valence-corrected chi connectivity index (χ4v) is 4.63. The van der Waals surface area contributed by atoms with E-state index in [1.807, 2.05) is 0 Å². The molecule has 0 saturated carbocycles. The van der Waals surface area contributed by atoms with Gasteiger partial charge in [0.05, 0.1) is 0 Å². The van der Waals surface area contributed by atoms with E-state index in [-0.39, 0.29) is 0 Å². The van der Waals surface area contributed by atoms with Crippen molar-refractivity contribution in [3.05, 3.63) is 41.0 Å². The van der Waals surface area contributed by atoms with Crippen LogP contribution in [0.25, 0.3) is 5.57 Å². The van der Waals surface area contributed by atoms with Gasteiger partial charge in [0.15, 0.2) is 0 Å². The summed E-state index contributed by atoms with van der Waals surface area (Å²) >= 11 is 0. The molecule has 1 aliphatic heterocycles. The SMILES string of the molecule is C/C=C1/CC2C(CC(C)CN2CCC)c2cccc(C)c21. The Labute approximate surface area is 130 Å². The molecule has 1 aromatic carbocycles. The molecule has 3 unspecified atom stereocenters. The molecule has 3 atom stereocenters. The number of nitrogens with zero attached hydrogens (tertiary/aromatic N) is 1. The van der Waals surface area contributed by atoms with E-state index in [0.29, 0.717) is 0 Å². The third-order valence-electron chi connectivity index (χ3n) is 5.45. The van der Waals surface area contributed by atoms with Gasteiger partial charge >= 0.3 is 0 Å². The van der Waals surface area contributed by atoms with E-state index < -0.39 is 0 Å². The zero-order chi connectivity index (χ0) is 15.0. The molecule has 114 valence electrons. The van der Waals surface area contributed by atoms with Crippen LogP contribution in [-0.2, 0) is 0 Å². The van der Waals surface area contributed by atoms with Crippen LogP contribution >= 0.6 is 0 Å². The topological polar surface area (TPSA) is 3.24 Å².